The number of nitro benzene ring substituents is 1. The van der Waals surface area contributed by atoms with Gasteiger partial charge in [0.15, 0.2) is 0 Å². The van der Waals surface area contributed by atoms with Gasteiger partial charge >= 0.3 is 0 Å². The highest BCUT2D eigenvalue weighted by atomic mass is 32.1. The summed E-state index contributed by atoms with van der Waals surface area (Å²) in [5.74, 6) is 1.33. The maximum Gasteiger partial charge on any atom is 0.269 e. The van der Waals surface area contributed by atoms with E-state index in [4.69, 9.17) is 4.74 Å². The second kappa shape index (κ2) is 9.78. The summed E-state index contributed by atoms with van der Waals surface area (Å²) in [6, 6.07) is 16.3. The number of ether oxygens (including phenoxy) is 1. The van der Waals surface area contributed by atoms with Crippen molar-refractivity contribution in [3.05, 3.63) is 85.8 Å². The van der Waals surface area contributed by atoms with Gasteiger partial charge in [0.25, 0.3) is 5.69 Å². The van der Waals surface area contributed by atoms with Gasteiger partial charge in [0, 0.05) is 23.2 Å². The van der Waals surface area contributed by atoms with Crippen molar-refractivity contribution in [2.24, 2.45) is 16.3 Å². The van der Waals surface area contributed by atoms with Crippen LogP contribution in [0.2, 0.25) is 0 Å². The first kappa shape index (κ1) is 23.7. The van der Waals surface area contributed by atoms with Gasteiger partial charge in [-0.25, -0.2) is 4.99 Å². The van der Waals surface area contributed by atoms with Gasteiger partial charge in [-0.2, -0.15) is 5.26 Å². The molecule has 2 aromatic carbocycles. The lowest BCUT2D eigenvalue weighted by atomic mass is 9.72. The predicted molar refractivity (Wildman–Crippen MR) is 135 cm³/mol. The quantitative estimate of drug-likeness (QED) is 0.219. The van der Waals surface area contributed by atoms with Crippen LogP contribution in [-0.4, -0.2) is 11.1 Å². The Morgan fingerprint density at radius 3 is 2.53 bits per heavy atom. The molecule has 0 aliphatic heterocycles. The number of thiophene rings is 1. The minimum absolute atomic E-state index is 0.0626. The SMILES string of the molecule is CC(C)(C)[C@H]1CCc2c(sc(N=Cc3ccc(OCc4ccc([N+](=O)[O-])cc4)cc3)c2C#N)C1. The normalized spacial score (nSPS) is 15.6. The van der Waals surface area contributed by atoms with Crippen molar-refractivity contribution in [3.63, 3.8) is 0 Å². The van der Waals surface area contributed by atoms with Crippen LogP contribution in [0.4, 0.5) is 10.7 Å². The van der Waals surface area contributed by atoms with E-state index in [9.17, 15) is 15.4 Å². The van der Waals surface area contributed by atoms with E-state index in [-0.39, 0.29) is 11.1 Å². The summed E-state index contributed by atoms with van der Waals surface area (Å²) in [5.41, 5.74) is 4.02. The average Bonchev–Trinajstić information content (AvgIpc) is 3.18. The molecule has 0 saturated heterocycles. The molecule has 1 heterocycles. The van der Waals surface area contributed by atoms with Crippen molar-refractivity contribution in [1.29, 1.82) is 5.26 Å². The number of nitrogens with zero attached hydrogens (tertiary/aromatic N) is 3. The topological polar surface area (TPSA) is 88.5 Å². The van der Waals surface area contributed by atoms with Crippen LogP contribution in [0.1, 0.15) is 54.3 Å². The number of non-ortho nitro benzene ring substituents is 1. The highest BCUT2D eigenvalue weighted by Gasteiger charge is 2.32. The number of aliphatic imine (C=N–C) groups is 1. The lowest BCUT2D eigenvalue weighted by Crippen LogP contribution is -2.26. The summed E-state index contributed by atoms with van der Waals surface area (Å²) in [6.45, 7) is 7.20. The van der Waals surface area contributed by atoms with Crippen molar-refractivity contribution in [2.45, 2.75) is 46.6 Å². The minimum Gasteiger partial charge on any atom is -0.489 e. The zero-order chi connectivity index (χ0) is 24.3. The molecule has 3 aromatic rings. The molecule has 7 heteroatoms. The zero-order valence-electron chi connectivity index (χ0n) is 19.6. The third kappa shape index (κ3) is 5.35. The molecule has 0 saturated carbocycles. The molecule has 0 unspecified atom stereocenters. The molecule has 4 rings (SSSR count). The number of nitriles is 1. The number of fused-ring (bicyclic) bond motifs is 1. The fourth-order valence-corrected chi connectivity index (χ4v) is 5.40. The van der Waals surface area contributed by atoms with Crippen LogP contribution < -0.4 is 4.74 Å². The third-order valence-corrected chi connectivity index (χ3v) is 7.51. The smallest absolute Gasteiger partial charge is 0.269 e. The Labute approximate surface area is 203 Å². The molecule has 0 spiro atoms. The zero-order valence-corrected chi connectivity index (χ0v) is 20.4. The first-order valence-corrected chi connectivity index (χ1v) is 12.1. The van der Waals surface area contributed by atoms with Crippen LogP contribution in [0.5, 0.6) is 5.75 Å². The standard InChI is InChI=1S/C27H27N3O3S/c1-27(2,3)20-8-13-23-24(15-28)26(34-25(23)14-20)29-16-18-6-11-22(12-7-18)33-17-19-4-9-21(10-5-19)30(31)32/h4-7,9-12,16,20H,8,13-14,17H2,1-3H3/t20-/m0/s1. The molecule has 0 amide bonds. The highest BCUT2D eigenvalue weighted by Crippen LogP contribution is 2.44. The molecule has 0 radical (unpaired) electrons. The first-order chi connectivity index (χ1) is 16.2. The maximum absolute atomic E-state index is 10.8. The minimum atomic E-state index is -0.418. The van der Waals surface area contributed by atoms with Crippen molar-refractivity contribution in [3.8, 4) is 11.8 Å². The van der Waals surface area contributed by atoms with Gasteiger partial charge in [-0.15, -0.1) is 11.3 Å². The molecule has 174 valence electrons. The summed E-state index contributed by atoms with van der Waals surface area (Å²) in [7, 11) is 0. The predicted octanol–water partition coefficient (Wildman–Crippen LogP) is 7.01. The molecule has 0 bridgehead atoms. The molecule has 1 aromatic heterocycles. The van der Waals surface area contributed by atoms with Crippen LogP contribution in [0.15, 0.2) is 53.5 Å². The van der Waals surface area contributed by atoms with E-state index in [2.05, 4.69) is 31.8 Å². The number of rotatable bonds is 6. The van der Waals surface area contributed by atoms with E-state index in [1.54, 1.807) is 29.7 Å². The van der Waals surface area contributed by atoms with Crippen LogP contribution in [0.3, 0.4) is 0 Å². The van der Waals surface area contributed by atoms with Gasteiger partial charge in [0.1, 0.15) is 23.4 Å². The van der Waals surface area contributed by atoms with Crippen molar-refractivity contribution < 1.29 is 9.66 Å². The van der Waals surface area contributed by atoms with Crippen LogP contribution in [0, 0.1) is 32.8 Å². The van der Waals surface area contributed by atoms with E-state index < -0.39 is 4.92 Å². The Bertz CT molecular complexity index is 1250. The third-order valence-electron chi connectivity index (χ3n) is 6.35. The molecular weight excluding hydrogens is 446 g/mol. The van der Waals surface area contributed by atoms with E-state index in [0.717, 1.165) is 41.0 Å². The monoisotopic (exact) mass is 473 g/mol. The van der Waals surface area contributed by atoms with E-state index in [1.807, 2.05) is 24.3 Å². The molecule has 0 fully saturated rings. The molecule has 6 nitrogen and oxygen atoms in total. The molecule has 1 atom stereocenters. The van der Waals surface area contributed by atoms with Gasteiger partial charge < -0.3 is 4.74 Å². The largest absolute Gasteiger partial charge is 0.489 e. The molecule has 1 aliphatic rings. The molecule has 0 N–H and O–H groups in total. The summed E-state index contributed by atoms with van der Waals surface area (Å²) >= 11 is 1.65. The Morgan fingerprint density at radius 1 is 1.21 bits per heavy atom. The van der Waals surface area contributed by atoms with Gasteiger partial charge in [0.2, 0.25) is 0 Å². The van der Waals surface area contributed by atoms with Crippen LogP contribution in [0.25, 0.3) is 0 Å². The first-order valence-electron chi connectivity index (χ1n) is 11.3. The second-order valence-electron chi connectivity index (χ2n) is 9.64. The van der Waals surface area contributed by atoms with E-state index >= 15 is 0 Å². The van der Waals surface area contributed by atoms with Crippen molar-refractivity contribution >= 4 is 28.2 Å². The highest BCUT2D eigenvalue weighted by molar-refractivity contribution is 7.16. The Hall–Kier alpha value is -3.50. The molecule has 34 heavy (non-hydrogen) atoms. The Balaban J connectivity index is 1.41. The second-order valence-corrected chi connectivity index (χ2v) is 10.7. The van der Waals surface area contributed by atoms with Crippen molar-refractivity contribution in [2.75, 3.05) is 0 Å². The van der Waals surface area contributed by atoms with E-state index in [0.29, 0.717) is 18.3 Å². The summed E-state index contributed by atoms with van der Waals surface area (Å²) in [4.78, 5) is 16.3. The fraction of sp³-hybridized carbons (Fsp3) is 0.333. The number of benzene rings is 2. The Kier molecular flexibility index (Phi) is 6.80. The van der Waals surface area contributed by atoms with Gasteiger partial charge in [-0.3, -0.25) is 10.1 Å². The summed E-state index contributed by atoms with van der Waals surface area (Å²) in [5, 5.41) is 21.3. The number of hydrogen-bond acceptors (Lipinski definition) is 6. The molecule has 1 aliphatic carbocycles. The van der Waals surface area contributed by atoms with Gasteiger partial charge in [-0.1, -0.05) is 20.8 Å². The van der Waals surface area contributed by atoms with E-state index in [1.165, 1.54) is 22.6 Å². The maximum atomic E-state index is 10.8. The number of nitro groups is 1. The lowest BCUT2D eigenvalue weighted by Gasteiger charge is -2.33. The number of hydrogen-bond donors (Lipinski definition) is 0. The van der Waals surface area contributed by atoms with Gasteiger partial charge in [-0.05, 0) is 83.7 Å². The summed E-state index contributed by atoms with van der Waals surface area (Å²) < 4.78 is 5.78. The molecular formula is C27H27N3O3S. The van der Waals surface area contributed by atoms with Crippen LogP contribution >= 0.6 is 11.3 Å². The van der Waals surface area contributed by atoms with Gasteiger partial charge in [0.05, 0.1) is 10.5 Å². The summed E-state index contributed by atoms with van der Waals surface area (Å²) in [6.07, 6.45) is 4.88. The Morgan fingerprint density at radius 2 is 1.91 bits per heavy atom. The fourth-order valence-electron chi connectivity index (χ4n) is 4.18. The lowest BCUT2D eigenvalue weighted by molar-refractivity contribution is -0.384. The van der Waals surface area contributed by atoms with Crippen LogP contribution in [-0.2, 0) is 19.4 Å². The average molecular weight is 474 g/mol. The van der Waals surface area contributed by atoms with Crippen molar-refractivity contribution in [1.82, 2.24) is 0 Å².